The summed E-state index contributed by atoms with van der Waals surface area (Å²) >= 11 is 7.70. The molecule has 1 N–H and O–H groups in total. The molecule has 0 fully saturated rings. The maximum Gasteiger partial charge on any atom is 0.220 e. The number of aromatic nitrogens is 3. The number of thioether (sulfide) groups is 1. The zero-order chi connectivity index (χ0) is 22.1. The summed E-state index contributed by atoms with van der Waals surface area (Å²) in [5.41, 5.74) is 3.39. The highest BCUT2D eigenvalue weighted by atomic mass is 35.5. The van der Waals surface area contributed by atoms with Crippen LogP contribution in [0, 0.1) is 6.92 Å². The first kappa shape index (κ1) is 23.3. The van der Waals surface area contributed by atoms with Gasteiger partial charge < -0.3 is 10.1 Å². The molecule has 3 aromatic rings. The van der Waals surface area contributed by atoms with Crippen molar-refractivity contribution in [2.75, 3.05) is 20.3 Å². The fraction of sp³-hybridized carbons (Fsp3) is 0.348. The highest BCUT2D eigenvalue weighted by Crippen LogP contribution is 2.26. The quantitative estimate of drug-likeness (QED) is 0.335. The van der Waals surface area contributed by atoms with Crippen molar-refractivity contribution in [1.82, 2.24) is 20.1 Å². The zero-order valence-electron chi connectivity index (χ0n) is 17.8. The van der Waals surface area contributed by atoms with Gasteiger partial charge in [-0.2, -0.15) is 0 Å². The van der Waals surface area contributed by atoms with Gasteiger partial charge in [0.15, 0.2) is 5.16 Å². The summed E-state index contributed by atoms with van der Waals surface area (Å²) in [6.07, 6.45) is 1.64. The van der Waals surface area contributed by atoms with Gasteiger partial charge in [0.1, 0.15) is 5.82 Å². The lowest BCUT2D eigenvalue weighted by atomic mass is 10.2. The third-order valence-electron chi connectivity index (χ3n) is 4.66. The summed E-state index contributed by atoms with van der Waals surface area (Å²) in [6.45, 7) is 3.32. The van der Waals surface area contributed by atoms with Crippen LogP contribution in [0.4, 0.5) is 0 Å². The first-order valence-corrected chi connectivity index (χ1v) is 11.6. The maximum atomic E-state index is 12.2. The second-order valence-electron chi connectivity index (χ2n) is 7.18. The van der Waals surface area contributed by atoms with Gasteiger partial charge >= 0.3 is 0 Å². The smallest absolute Gasteiger partial charge is 0.220 e. The summed E-state index contributed by atoms with van der Waals surface area (Å²) < 4.78 is 7.01. The predicted octanol–water partition coefficient (Wildman–Crippen LogP) is 4.61. The van der Waals surface area contributed by atoms with Crippen molar-refractivity contribution >= 4 is 29.3 Å². The van der Waals surface area contributed by atoms with Gasteiger partial charge in [0.25, 0.3) is 0 Å². The molecule has 0 aliphatic carbocycles. The van der Waals surface area contributed by atoms with Crippen molar-refractivity contribution in [3.8, 4) is 5.69 Å². The standard InChI is InChI=1S/C23H27ClN4O2S/c1-17-5-3-6-18(15-17)16-31-23-27-26-21(11-12-22(29)25-13-4-14-30-2)28(23)20-9-7-19(24)8-10-20/h3,5-10,15H,4,11-14,16H2,1-2H3,(H,25,29). The van der Waals surface area contributed by atoms with Crippen LogP contribution in [0.25, 0.3) is 5.69 Å². The maximum absolute atomic E-state index is 12.2. The normalized spacial score (nSPS) is 10.9. The van der Waals surface area contributed by atoms with Gasteiger partial charge in [-0.3, -0.25) is 9.36 Å². The molecule has 0 unspecified atom stereocenters. The minimum absolute atomic E-state index is 0.00396. The van der Waals surface area contributed by atoms with Crippen molar-refractivity contribution in [2.45, 2.75) is 37.1 Å². The third kappa shape index (κ3) is 7.09. The van der Waals surface area contributed by atoms with E-state index >= 15 is 0 Å². The predicted molar refractivity (Wildman–Crippen MR) is 125 cm³/mol. The second kappa shape index (κ2) is 11.9. The Kier molecular flexibility index (Phi) is 8.94. The minimum atomic E-state index is -0.00396. The number of benzene rings is 2. The molecule has 0 atom stereocenters. The van der Waals surface area contributed by atoms with Gasteiger partial charge in [-0.15, -0.1) is 10.2 Å². The number of nitrogens with one attached hydrogen (secondary N) is 1. The first-order chi connectivity index (χ1) is 15.1. The number of nitrogens with zero attached hydrogens (tertiary/aromatic N) is 3. The Bertz CT molecular complexity index is 991. The Morgan fingerprint density at radius 2 is 2.00 bits per heavy atom. The Labute approximate surface area is 192 Å². The van der Waals surface area contributed by atoms with Crippen LogP contribution in [0.15, 0.2) is 53.7 Å². The number of aryl methyl sites for hydroxylation is 2. The largest absolute Gasteiger partial charge is 0.385 e. The molecule has 8 heteroatoms. The number of rotatable bonds is 11. The van der Waals surface area contributed by atoms with E-state index in [0.717, 1.165) is 28.8 Å². The van der Waals surface area contributed by atoms with E-state index in [1.807, 2.05) is 28.8 Å². The van der Waals surface area contributed by atoms with Gasteiger partial charge in [0, 0.05) is 49.6 Å². The van der Waals surface area contributed by atoms with Gasteiger partial charge in [-0.05, 0) is 43.2 Å². The molecule has 0 bridgehead atoms. The summed E-state index contributed by atoms with van der Waals surface area (Å²) in [7, 11) is 1.65. The molecular weight excluding hydrogens is 432 g/mol. The topological polar surface area (TPSA) is 69.0 Å². The molecule has 0 aliphatic rings. The third-order valence-corrected chi connectivity index (χ3v) is 5.91. The van der Waals surface area contributed by atoms with Crippen LogP contribution in [0.1, 0.15) is 29.8 Å². The van der Waals surface area contributed by atoms with E-state index < -0.39 is 0 Å². The first-order valence-electron chi connectivity index (χ1n) is 10.2. The van der Waals surface area contributed by atoms with E-state index in [0.29, 0.717) is 31.0 Å². The molecule has 31 heavy (non-hydrogen) atoms. The van der Waals surface area contributed by atoms with Crippen LogP contribution >= 0.6 is 23.4 Å². The van der Waals surface area contributed by atoms with Gasteiger partial charge in [0.2, 0.25) is 5.91 Å². The molecule has 0 saturated carbocycles. The second-order valence-corrected chi connectivity index (χ2v) is 8.56. The molecule has 1 amide bonds. The molecule has 2 aromatic carbocycles. The Morgan fingerprint density at radius 3 is 2.74 bits per heavy atom. The molecule has 3 rings (SSSR count). The molecule has 164 valence electrons. The van der Waals surface area contributed by atoms with Crippen molar-refractivity contribution in [2.24, 2.45) is 0 Å². The number of hydrogen-bond donors (Lipinski definition) is 1. The highest BCUT2D eigenvalue weighted by Gasteiger charge is 2.16. The van der Waals surface area contributed by atoms with Crippen LogP contribution in [-0.2, 0) is 21.7 Å². The van der Waals surface area contributed by atoms with Crippen molar-refractivity contribution < 1.29 is 9.53 Å². The molecule has 0 radical (unpaired) electrons. The molecule has 6 nitrogen and oxygen atoms in total. The summed E-state index contributed by atoms with van der Waals surface area (Å²) in [4.78, 5) is 12.2. The van der Waals surface area contributed by atoms with E-state index in [1.165, 1.54) is 11.1 Å². The number of methoxy groups -OCH3 is 1. The molecule has 0 aliphatic heterocycles. The van der Waals surface area contributed by atoms with E-state index in [9.17, 15) is 4.79 Å². The van der Waals surface area contributed by atoms with Crippen LogP contribution in [0.2, 0.25) is 5.02 Å². The Morgan fingerprint density at radius 1 is 1.19 bits per heavy atom. The van der Waals surface area contributed by atoms with E-state index in [4.69, 9.17) is 16.3 Å². The molecule has 0 saturated heterocycles. The number of carbonyl (C=O) groups is 1. The zero-order valence-corrected chi connectivity index (χ0v) is 19.4. The van der Waals surface area contributed by atoms with Gasteiger partial charge in [-0.1, -0.05) is 53.2 Å². The number of hydrogen-bond acceptors (Lipinski definition) is 5. The molecule has 0 spiro atoms. The van der Waals surface area contributed by atoms with Crippen LogP contribution in [0.5, 0.6) is 0 Å². The number of carbonyl (C=O) groups excluding carboxylic acids is 1. The van der Waals surface area contributed by atoms with E-state index in [-0.39, 0.29) is 5.91 Å². The monoisotopic (exact) mass is 458 g/mol. The molecular formula is C23H27ClN4O2S. The van der Waals surface area contributed by atoms with Gasteiger partial charge in [0.05, 0.1) is 0 Å². The lowest BCUT2D eigenvalue weighted by Gasteiger charge is -2.11. The fourth-order valence-corrected chi connectivity index (χ4v) is 4.15. The molecule has 1 aromatic heterocycles. The number of halogens is 1. The summed E-state index contributed by atoms with van der Waals surface area (Å²) in [5.74, 6) is 1.53. The lowest BCUT2D eigenvalue weighted by molar-refractivity contribution is -0.121. The van der Waals surface area contributed by atoms with Crippen LogP contribution < -0.4 is 5.32 Å². The summed E-state index contributed by atoms with van der Waals surface area (Å²) in [6, 6.07) is 16.0. The number of ether oxygens (including phenoxy) is 1. The van der Waals surface area contributed by atoms with Crippen LogP contribution in [0.3, 0.4) is 0 Å². The fourth-order valence-electron chi connectivity index (χ4n) is 3.11. The highest BCUT2D eigenvalue weighted by molar-refractivity contribution is 7.98. The Hall–Kier alpha value is -2.35. The van der Waals surface area contributed by atoms with E-state index in [2.05, 4.69) is 46.7 Å². The van der Waals surface area contributed by atoms with E-state index in [1.54, 1.807) is 18.9 Å². The Balaban J connectivity index is 1.72. The SMILES string of the molecule is COCCCNC(=O)CCc1nnc(SCc2cccc(C)c2)n1-c1ccc(Cl)cc1. The van der Waals surface area contributed by atoms with Gasteiger partial charge in [-0.25, -0.2) is 0 Å². The number of amides is 1. The summed E-state index contributed by atoms with van der Waals surface area (Å²) in [5, 5.41) is 13.2. The minimum Gasteiger partial charge on any atom is -0.385 e. The van der Waals surface area contributed by atoms with Crippen molar-refractivity contribution in [3.63, 3.8) is 0 Å². The average Bonchev–Trinajstić information content (AvgIpc) is 3.17. The average molecular weight is 459 g/mol. The van der Waals surface area contributed by atoms with Crippen molar-refractivity contribution in [3.05, 3.63) is 70.5 Å². The molecule has 1 heterocycles. The lowest BCUT2D eigenvalue weighted by Crippen LogP contribution is -2.25. The van der Waals surface area contributed by atoms with Crippen molar-refractivity contribution in [1.29, 1.82) is 0 Å². The van der Waals surface area contributed by atoms with Crippen LogP contribution in [-0.4, -0.2) is 40.9 Å².